The summed E-state index contributed by atoms with van der Waals surface area (Å²) in [6.45, 7) is 0.370. The molecule has 6 nitrogen and oxygen atoms in total. The monoisotopic (exact) mass is 335 g/mol. The van der Waals surface area contributed by atoms with Gasteiger partial charge >= 0.3 is 0 Å². The Labute approximate surface area is 147 Å². The van der Waals surface area contributed by atoms with Gasteiger partial charge in [-0.2, -0.15) is 5.10 Å². The number of hydrogen-bond donors (Lipinski definition) is 1. The first-order chi connectivity index (χ1) is 12.0. The molecule has 2 aromatic heterocycles. The van der Waals surface area contributed by atoms with E-state index < -0.39 is 0 Å². The van der Waals surface area contributed by atoms with Crippen LogP contribution in [-0.2, 0) is 13.6 Å². The number of rotatable bonds is 5. The summed E-state index contributed by atoms with van der Waals surface area (Å²) < 4.78 is 1.77. The first-order valence-corrected chi connectivity index (χ1v) is 8.04. The minimum absolute atomic E-state index is 0.115. The summed E-state index contributed by atoms with van der Waals surface area (Å²) >= 11 is 0. The Hall–Kier alpha value is -3.15. The van der Waals surface area contributed by atoms with Gasteiger partial charge in [-0.3, -0.25) is 14.5 Å². The number of aromatic nitrogens is 3. The van der Waals surface area contributed by atoms with Crippen molar-refractivity contribution in [1.82, 2.24) is 20.1 Å². The third-order valence-electron chi connectivity index (χ3n) is 3.93. The summed E-state index contributed by atoms with van der Waals surface area (Å²) in [5.74, 6) is -0.115. The molecule has 1 aromatic carbocycles. The lowest BCUT2D eigenvalue weighted by Crippen LogP contribution is -2.23. The number of carbonyl (C=O) groups excluding carboxylic acids is 1. The molecule has 0 atom stereocenters. The SMILES string of the molecule is CN(C)c1ccc(C(=O)NCc2cc(-c3ccccn3)n(C)n2)cc1. The molecule has 3 aromatic rings. The normalized spacial score (nSPS) is 10.5. The van der Waals surface area contributed by atoms with Crippen molar-refractivity contribution in [3.63, 3.8) is 0 Å². The third-order valence-corrected chi connectivity index (χ3v) is 3.93. The quantitative estimate of drug-likeness (QED) is 0.778. The van der Waals surface area contributed by atoms with E-state index in [0.717, 1.165) is 22.8 Å². The summed E-state index contributed by atoms with van der Waals surface area (Å²) in [5.41, 5.74) is 4.25. The Balaban J connectivity index is 1.66. The van der Waals surface area contributed by atoms with Gasteiger partial charge in [-0.05, 0) is 42.5 Å². The lowest BCUT2D eigenvalue weighted by molar-refractivity contribution is 0.0950. The van der Waals surface area contributed by atoms with Crippen molar-refractivity contribution >= 4 is 11.6 Å². The van der Waals surface area contributed by atoms with Gasteiger partial charge in [0.05, 0.1) is 23.6 Å². The van der Waals surface area contributed by atoms with Crippen molar-refractivity contribution in [2.45, 2.75) is 6.54 Å². The van der Waals surface area contributed by atoms with Crippen molar-refractivity contribution in [2.75, 3.05) is 19.0 Å². The van der Waals surface area contributed by atoms with Crippen LogP contribution in [0.2, 0.25) is 0 Å². The number of carbonyl (C=O) groups is 1. The van der Waals surface area contributed by atoms with Crippen LogP contribution in [0.15, 0.2) is 54.7 Å². The van der Waals surface area contributed by atoms with Gasteiger partial charge in [-0.15, -0.1) is 0 Å². The van der Waals surface area contributed by atoms with Gasteiger partial charge in [0.1, 0.15) is 0 Å². The molecule has 0 saturated heterocycles. The molecule has 0 aliphatic rings. The second kappa shape index (κ2) is 7.17. The maximum atomic E-state index is 12.3. The van der Waals surface area contributed by atoms with Crippen molar-refractivity contribution in [3.05, 3.63) is 66.0 Å². The topological polar surface area (TPSA) is 63.1 Å². The molecule has 3 rings (SSSR count). The molecule has 6 heteroatoms. The predicted octanol–water partition coefficient (Wildman–Crippen LogP) is 2.48. The van der Waals surface area contributed by atoms with Crippen molar-refractivity contribution in [2.24, 2.45) is 7.05 Å². The van der Waals surface area contributed by atoms with Gasteiger partial charge in [-0.25, -0.2) is 0 Å². The molecule has 0 saturated carbocycles. The summed E-state index contributed by atoms with van der Waals surface area (Å²) in [6, 6.07) is 15.2. The highest BCUT2D eigenvalue weighted by atomic mass is 16.1. The highest BCUT2D eigenvalue weighted by Gasteiger charge is 2.10. The van der Waals surface area contributed by atoms with Crippen LogP contribution in [0.25, 0.3) is 11.4 Å². The second-order valence-electron chi connectivity index (χ2n) is 5.98. The van der Waals surface area contributed by atoms with Gasteiger partial charge in [0.15, 0.2) is 0 Å². The molecule has 2 heterocycles. The smallest absolute Gasteiger partial charge is 0.251 e. The van der Waals surface area contributed by atoms with Crippen LogP contribution >= 0.6 is 0 Å². The molecule has 128 valence electrons. The molecular weight excluding hydrogens is 314 g/mol. The second-order valence-corrected chi connectivity index (χ2v) is 5.98. The molecule has 0 aliphatic heterocycles. The van der Waals surface area contributed by atoms with Crippen LogP contribution in [0, 0.1) is 0 Å². The number of pyridine rings is 1. The van der Waals surface area contributed by atoms with E-state index in [2.05, 4.69) is 15.4 Å². The summed E-state index contributed by atoms with van der Waals surface area (Å²) in [4.78, 5) is 18.6. The van der Waals surface area contributed by atoms with Crippen LogP contribution in [0.1, 0.15) is 16.1 Å². The third kappa shape index (κ3) is 3.85. The molecule has 0 radical (unpaired) electrons. The molecule has 0 spiro atoms. The van der Waals surface area contributed by atoms with Gasteiger partial charge < -0.3 is 10.2 Å². The average Bonchev–Trinajstić information content (AvgIpc) is 3.01. The zero-order chi connectivity index (χ0) is 17.8. The number of nitrogens with zero attached hydrogens (tertiary/aromatic N) is 4. The minimum atomic E-state index is -0.115. The highest BCUT2D eigenvalue weighted by Crippen LogP contribution is 2.17. The van der Waals surface area contributed by atoms with E-state index in [-0.39, 0.29) is 5.91 Å². The molecule has 1 amide bonds. The summed E-state index contributed by atoms with van der Waals surface area (Å²) in [6.07, 6.45) is 1.75. The predicted molar refractivity (Wildman–Crippen MR) is 98.4 cm³/mol. The molecule has 0 bridgehead atoms. The zero-order valence-electron chi connectivity index (χ0n) is 14.6. The first kappa shape index (κ1) is 16.7. The van der Waals surface area contributed by atoms with Gasteiger partial charge in [0.25, 0.3) is 5.91 Å². The number of hydrogen-bond acceptors (Lipinski definition) is 4. The fourth-order valence-corrected chi connectivity index (χ4v) is 2.55. The number of amides is 1. The molecule has 0 unspecified atom stereocenters. The van der Waals surface area contributed by atoms with E-state index in [1.807, 2.05) is 74.6 Å². The van der Waals surface area contributed by atoms with E-state index in [1.165, 1.54) is 0 Å². The lowest BCUT2D eigenvalue weighted by atomic mass is 10.2. The number of benzene rings is 1. The van der Waals surface area contributed by atoms with Gasteiger partial charge in [0.2, 0.25) is 0 Å². The van der Waals surface area contributed by atoms with Gasteiger partial charge in [0, 0.05) is 38.6 Å². The molecule has 0 fully saturated rings. The standard InChI is InChI=1S/C19H21N5O/c1-23(2)16-9-7-14(8-10-16)19(25)21-13-15-12-18(24(3)22-15)17-6-4-5-11-20-17/h4-12H,13H2,1-3H3,(H,21,25). The van der Waals surface area contributed by atoms with Crippen LogP contribution in [0.3, 0.4) is 0 Å². The molecule has 25 heavy (non-hydrogen) atoms. The van der Waals surface area contributed by atoms with E-state index in [9.17, 15) is 4.79 Å². The lowest BCUT2D eigenvalue weighted by Gasteiger charge is -2.12. The van der Waals surface area contributed by atoms with Crippen LogP contribution in [-0.4, -0.2) is 34.8 Å². The average molecular weight is 335 g/mol. The highest BCUT2D eigenvalue weighted by molar-refractivity contribution is 5.94. The Morgan fingerprint density at radius 2 is 1.92 bits per heavy atom. The Morgan fingerprint density at radius 1 is 1.16 bits per heavy atom. The largest absolute Gasteiger partial charge is 0.378 e. The van der Waals surface area contributed by atoms with Crippen LogP contribution < -0.4 is 10.2 Å². The van der Waals surface area contributed by atoms with Crippen molar-refractivity contribution < 1.29 is 4.79 Å². The fraction of sp³-hybridized carbons (Fsp3) is 0.211. The Kier molecular flexibility index (Phi) is 4.79. The maximum absolute atomic E-state index is 12.3. The summed E-state index contributed by atoms with van der Waals surface area (Å²) in [7, 11) is 5.81. The molecular formula is C19H21N5O. The molecule has 0 aliphatic carbocycles. The van der Waals surface area contributed by atoms with Gasteiger partial charge in [-0.1, -0.05) is 6.07 Å². The zero-order valence-corrected chi connectivity index (χ0v) is 14.6. The van der Waals surface area contributed by atoms with E-state index >= 15 is 0 Å². The van der Waals surface area contributed by atoms with E-state index in [1.54, 1.807) is 10.9 Å². The fourth-order valence-electron chi connectivity index (χ4n) is 2.55. The van der Waals surface area contributed by atoms with Crippen molar-refractivity contribution in [1.29, 1.82) is 0 Å². The molecule has 1 N–H and O–H groups in total. The maximum Gasteiger partial charge on any atom is 0.251 e. The van der Waals surface area contributed by atoms with E-state index in [4.69, 9.17) is 0 Å². The number of nitrogens with one attached hydrogen (secondary N) is 1. The summed E-state index contributed by atoms with van der Waals surface area (Å²) in [5, 5.41) is 7.35. The van der Waals surface area contributed by atoms with Crippen molar-refractivity contribution in [3.8, 4) is 11.4 Å². The first-order valence-electron chi connectivity index (χ1n) is 8.04. The van der Waals surface area contributed by atoms with Crippen LogP contribution in [0.5, 0.6) is 0 Å². The van der Waals surface area contributed by atoms with Crippen LogP contribution in [0.4, 0.5) is 5.69 Å². The number of anilines is 1. The number of aryl methyl sites for hydroxylation is 1. The van der Waals surface area contributed by atoms with E-state index in [0.29, 0.717) is 12.1 Å². The minimum Gasteiger partial charge on any atom is -0.378 e. The Morgan fingerprint density at radius 3 is 2.56 bits per heavy atom. The Bertz CT molecular complexity index is 853.